The second kappa shape index (κ2) is 3.65. The minimum atomic E-state index is 0.289. The summed E-state index contributed by atoms with van der Waals surface area (Å²) in [6.07, 6.45) is 2.93. The van der Waals surface area contributed by atoms with E-state index in [1.165, 1.54) is 16.5 Å². The van der Waals surface area contributed by atoms with Gasteiger partial charge in [-0.15, -0.1) is 0 Å². The average Bonchev–Trinajstić information content (AvgIpc) is 2.16. The molecule has 78 valence electrons. The molecule has 0 amide bonds. The van der Waals surface area contributed by atoms with Gasteiger partial charge in [-0.25, -0.2) is 0 Å². The number of aromatic nitrogens is 1. The van der Waals surface area contributed by atoms with Gasteiger partial charge in [0, 0.05) is 17.3 Å². The van der Waals surface area contributed by atoms with E-state index in [0.29, 0.717) is 0 Å². The van der Waals surface area contributed by atoms with Crippen molar-refractivity contribution < 1.29 is 0 Å². The van der Waals surface area contributed by atoms with Gasteiger partial charge in [0.05, 0.1) is 0 Å². The minimum Gasteiger partial charge on any atom is -0.261 e. The van der Waals surface area contributed by atoms with Crippen molar-refractivity contribution >= 4 is 10.8 Å². The van der Waals surface area contributed by atoms with Crippen LogP contribution < -0.4 is 0 Å². The Morgan fingerprint density at radius 3 is 2.53 bits per heavy atom. The normalized spacial score (nSPS) is 11.9. The van der Waals surface area contributed by atoms with Crippen molar-refractivity contribution in [3.63, 3.8) is 0 Å². The molecule has 1 aromatic carbocycles. The summed E-state index contributed by atoms with van der Waals surface area (Å²) in [4.78, 5) is 4.49. The van der Waals surface area contributed by atoms with Crippen molar-refractivity contribution in [2.45, 2.75) is 27.2 Å². The highest BCUT2D eigenvalue weighted by Crippen LogP contribution is 2.24. The molecule has 0 aliphatic carbocycles. The van der Waals surface area contributed by atoms with Gasteiger partial charge < -0.3 is 0 Å². The van der Waals surface area contributed by atoms with E-state index in [2.05, 4.69) is 56.1 Å². The highest BCUT2D eigenvalue weighted by molar-refractivity contribution is 5.84. The van der Waals surface area contributed by atoms with Gasteiger partial charge in [0.1, 0.15) is 0 Å². The molecule has 0 saturated carbocycles. The molecule has 0 aliphatic heterocycles. The van der Waals surface area contributed by atoms with Crippen LogP contribution >= 0.6 is 0 Å². The lowest BCUT2D eigenvalue weighted by molar-refractivity contribution is 0.408. The molecular weight excluding hydrogens is 182 g/mol. The average molecular weight is 199 g/mol. The fourth-order valence-corrected chi connectivity index (χ4v) is 1.83. The van der Waals surface area contributed by atoms with Crippen molar-refractivity contribution in [2.24, 2.45) is 5.41 Å². The van der Waals surface area contributed by atoms with Crippen molar-refractivity contribution in [3.8, 4) is 0 Å². The summed E-state index contributed by atoms with van der Waals surface area (Å²) >= 11 is 0. The van der Waals surface area contributed by atoms with Crippen molar-refractivity contribution in [1.82, 2.24) is 4.98 Å². The van der Waals surface area contributed by atoms with Crippen molar-refractivity contribution in [1.29, 1.82) is 0 Å². The van der Waals surface area contributed by atoms with Crippen LogP contribution in [0.2, 0.25) is 0 Å². The van der Waals surface area contributed by atoms with Gasteiger partial charge in [-0.3, -0.25) is 4.98 Å². The Morgan fingerprint density at radius 2 is 1.80 bits per heavy atom. The third-order valence-corrected chi connectivity index (χ3v) is 2.45. The molecule has 1 nitrogen and oxygen atoms in total. The van der Waals surface area contributed by atoms with E-state index < -0.39 is 0 Å². The lowest BCUT2D eigenvalue weighted by Gasteiger charge is -2.18. The van der Waals surface area contributed by atoms with E-state index in [9.17, 15) is 0 Å². The first kappa shape index (κ1) is 10.2. The molecule has 15 heavy (non-hydrogen) atoms. The highest BCUT2D eigenvalue weighted by atomic mass is 14.7. The van der Waals surface area contributed by atoms with Crippen LogP contribution in [-0.2, 0) is 6.42 Å². The van der Waals surface area contributed by atoms with Crippen LogP contribution in [0, 0.1) is 5.41 Å². The molecule has 1 heteroatoms. The number of hydrogen-bond donors (Lipinski definition) is 0. The zero-order valence-corrected chi connectivity index (χ0v) is 9.62. The van der Waals surface area contributed by atoms with E-state index in [1.54, 1.807) is 0 Å². The SMILES string of the molecule is CC(C)(C)Cc1nccc2ccccc12. The molecule has 0 spiro atoms. The van der Waals surface area contributed by atoms with Gasteiger partial charge in [-0.05, 0) is 23.3 Å². The lowest BCUT2D eigenvalue weighted by atomic mass is 9.89. The summed E-state index contributed by atoms with van der Waals surface area (Å²) in [5.74, 6) is 0. The molecule has 2 aromatic rings. The van der Waals surface area contributed by atoms with E-state index in [4.69, 9.17) is 0 Å². The van der Waals surface area contributed by atoms with Gasteiger partial charge in [0.25, 0.3) is 0 Å². The largest absolute Gasteiger partial charge is 0.261 e. The van der Waals surface area contributed by atoms with Crippen LogP contribution in [0.3, 0.4) is 0 Å². The number of fused-ring (bicyclic) bond motifs is 1. The molecule has 0 N–H and O–H groups in total. The minimum absolute atomic E-state index is 0.289. The molecule has 1 heterocycles. The van der Waals surface area contributed by atoms with E-state index in [0.717, 1.165) is 6.42 Å². The predicted octanol–water partition coefficient (Wildman–Crippen LogP) is 3.82. The molecule has 0 unspecified atom stereocenters. The fourth-order valence-electron chi connectivity index (χ4n) is 1.83. The maximum atomic E-state index is 4.49. The first-order valence-corrected chi connectivity index (χ1v) is 5.39. The number of nitrogens with zero attached hydrogens (tertiary/aromatic N) is 1. The summed E-state index contributed by atoms with van der Waals surface area (Å²) < 4.78 is 0. The molecule has 0 fully saturated rings. The first-order valence-electron chi connectivity index (χ1n) is 5.39. The van der Waals surface area contributed by atoms with Crippen molar-refractivity contribution in [3.05, 3.63) is 42.2 Å². The smallest absolute Gasteiger partial charge is 0.0487 e. The number of benzene rings is 1. The number of hydrogen-bond acceptors (Lipinski definition) is 1. The highest BCUT2D eigenvalue weighted by Gasteiger charge is 2.13. The third-order valence-electron chi connectivity index (χ3n) is 2.45. The Labute approximate surface area is 91.2 Å². The topological polar surface area (TPSA) is 12.9 Å². The second-order valence-electron chi connectivity index (χ2n) is 5.22. The van der Waals surface area contributed by atoms with Crippen LogP contribution in [0.4, 0.5) is 0 Å². The summed E-state index contributed by atoms with van der Waals surface area (Å²) in [7, 11) is 0. The van der Waals surface area contributed by atoms with E-state index >= 15 is 0 Å². The second-order valence-corrected chi connectivity index (χ2v) is 5.22. The Kier molecular flexibility index (Phi) is 2.47. The van der Waals surface area contributed by atoms with Crippen LogP contribution in [0.5, 0.6) is 0 Å². The monoisotopic (exact) mass is 199 g/mol. The summed E-state index contributed by atoms with van der Waals surface area (Å²) in [5.41, 5.74) is 1.50. The molecule has 0 atom stereocenters. The fraction of sp³-hybridized carbons (Fsp3) is 0.357. The first-order chi connectivity index (χ1) is 7.06. The number of pyridine rings is 1. The van der Waals surface area contributed by atoms with Crippen LogP contribution in [0.25, 0.3) is 10.8 Å². The zero-order chi connectivity index (χ0) is 10.9. The molecule has 1 aromatic heterocycles. The van der Waals surface area contributed by atoms with Crippen LogP contribution in [0.15, 0.2) is 36.5 Å². The Hall–Kier alpha value is -1.37. The maximum Gasteiger partial charge on any atom is 0.0487 e. The predicted molar refractivity (Wildman–Crippen MR) is 64.9 cm³/mol. The van der Waals surface area contributed by atoms with E-state index in [1.807, 2.05) is 6.20 Å². The van der Waals surface area contributed by atoms with Crippen LogP contribution in [0.1, 0.15) is 26.5 Å². The van der Waals surface area contributed by atoms with Gasteiger partial charge in [0.15, 0.2) is 0 Å². The molecule has 2 rings (SSSR count). The van der Waals surface area contributed by atoms with Gasteiger partial charge >= 0.3 is 0 Å². The summed E-state index contributed by atoms with van der Waals surface area (Å²) in [6.45, 7) is 6.74. The molecule has 0 radical (unpaired) electrons. The standard InChI is InChI=1S/C14H17N/c1-14(2,3)10-13-12-7-5-4-6-11(12)8-9-15-13/h4-9H,10H2,1-3H3. The quantitative estimate of drug-likeness (QED) is 0.680. The Morgan fingerprint density at radius 1 is 1.07 bits per heavy atom. The molecule has 0 bridgehead atoms. The third kappa shape index (κ3) is 2.35. The lowest BCUT2D eigenvalue weighted by Crippen LogP contribution is -2.10. The molecule has 0 aliphatic rings. The maximum absolute atomic E-state index is 4.49. The van der Waals surface area contributed by atoms with Gasteiger partial charge in [-0.2, -0.15) is 0 Å². The van der Waals surface area contributed by atoms with Gasteiger partial charge in [0.2, 0.25) is 0 Å². The van der Waals surface area contributed by atoms with Gasteiger partial charge in [-0.1, -0.05) is 45.0 Å². The summed E-state index contributed by atoms with van der Waals surface area (Å²) in [6, 6.07) is 10.5. The molecular formula is C14H17N. The van der Waals surface area contributed by atoms with Crippen molar-refractivity contribution in [2.75, 3.05) is 0 Å². The van der Waals surface area contributed by atoms with E-state index in [-0.39, 0.29) is 5.41 Å². The van der Waals surface area contributed by atoms with Crippen LogP contribution in [-0.4, -0.2) is 4.98 Å². The Balaban J connectivity index is 2.52. The summed E-state index contributed by atoms with van der Waals surface area (Å²) in [5, 5.41) is 2.57. The number of rotatable bonds is 1. The molecule has 0 saturated heterocycles. The zero-order valence-electron chi connectivity index (χ0n) is 9.62. The Bertz CT molecular complexity index is 461.